The van der Waals surface area contributed by atoms with Crippen LogP contribution in [0.1, 0.15) is 345 Å². The second kappa shape index (κ2) is 61.4. The summed E-state index contributed by atoms with van der Waals surface area (Å²) in [5.74, 6) is 3.07. The van der Waals surface area contributed by atoms with Crippen molar-refractivity contribution in [2.24, 2.45) is 0 Å². The Hall–Kier alpha value is -2.25. The second-order valence-corrected chi connectivity index (χ2v) is 22.8. The molecule has 0 unspecified atom stereocenters. The van der Waals surface area contributed by atoms with Crippen LogP contribution in [0.3, 0.4) is 0 Å². The largest absolute Gasteiger partial charge is 2.00 e. The van der Waals surface area contributed by atoms with E-state index in [1.807, 2.05) is 13.8 Å². The fourth-order valence-electron chi connectivity index (χ4n) is 10.4. The number of benzene rings is 2. The van der Waals surface area contributed by atoms with Gasteiger partial charge in [-0.1, -0.05) is 310 Å². The van der Waals surface area contributed by atoms with E-state index in [4.69, 9.17) is 0 Å². The quantitative estimate of drug-likeness (QED) is 0.0158. The molecule has 0 radical (unpaired) electrons. The predicted molar refractivity (Wildman–Crippen MR) is 344 cm³/mol. The topological polar surface area (TPSA) is 64.6 Å². The third-order valence-corrected chi connectivity index (χ3v) is 15.4. The Bertz CT molecular complexity index is 1600. The number of allylic oxidation sites excluding steroid dienone is 2. The minimum atomic E-state index is 0. The van der Waals surface area contributed by atoms with E-state index in [0.717, 1.165) is 57.2 Å². The average Bonchev–Trinajstić information content (AvgIpc) is 3.44. The van der Waals surface area contributed by atoms with Gasteiger partial charge >= 0.3 is 22.4 Å². The van der Waals surface area contributed by atoms with E-state index in [2.05, 4.69) is 98.4 Å². The zero-order valence-electron chi connectivity index (χ0n) is 52.9. The standard InChI is InChI=1S/C66H112N2.2C3H8N.Ni/c1-6-11-16-19-20-21-22-23-24-25-26-27-28-29-30-31-32-33-34-35-36-37-38-39-40-41-42-45-50-63(58-68-67)57-66(64-53-59(46-14-9-4)51-60(54-64)47-15-10-5)65-55-61(48-43-17-12-7-2)52-62(56-65)49-44-18-13-8-3;2*1-3-4-2;/h51-57H,6-50H2,1-5H3;2*3H2,1-2H3;/q;2*-1;+2. The number of rotatable bonds is 50. The van der Waals surface area contributed by atoms with Crippen LogP contribution in [-0.2, 0) is 42.2 Å². The molecule has 446 valence electrons. The summed E-state index contributed by atoms with van der Waals surface area (Å²) in [5, 5.41) is 7.47. The van der Waals surface area contributed by atoms with E-state index >= 15 is 0 Å². The molecule has 0 N–H and O–H groups in total. The summed E-state index contributed by atoms with van der Waals surface area (Å²) in [6.07, 6.45) is 62.6. The summed E-state index contributed by atoms with van der Waals surface area (Å²) < 4.78 is 0. The smallest absolute Gasteiger partial charge is 0.665 e. The summed E-state index contributed by atoms with van der Waals surface area (Å²) in [6.45, 7) is 17.4. The molecule has 5 heteroatoms. The second-order valence-electron chi connectivity index (χ2n) is 22.8. The van der Waals surface area contributed by atoms with Crippen molar-refractivity contribution in [3.05, 3.63) is 97.6 Å². The Balaban J connectivity index is 0. The van der Waals surface area contributed by atoms with Gasteiger partial charge in [0.2, 0.25) is 0 Å². The Morgan fingerprint density at radius 3 is 0.844 bits per heavy atom. The Kier molecular flexibility index (Phi) is 61.2. The maximum atomic E-state index is 9.91. The number of hydrogen-bond donors (Lipinski definition) is 0. The molecule has 0 aliphatic heterocycles. The van der Waals surface area contributed by atoms with Crippen LogP contribution in [0.5, 0.6) is 0 Å². The first kappa shape index (κ1) is 76.8. The Morgan fingerprint density at radius 1 is 0.364 bits per heavy atom. The van der Waals surface area contributed by atoms with E-state index in [0.29, 0.717) is 0 Å². The van der Waals surface area contributed by atoms with Crippen molar-refractivity contribution in [2.45, 2.75) is 337 Å². The van der Waals surface area contributed by atoms with E-state index in [-0.39, 0.29) is 16.5 Å². The van der Waals surface area contributed by atoms with Crippen molar-refractivity contribution < 1.29 is 21.3 Å². The first-order chi connectivity index (χ1) is 37.4. The maximum absolute atomic E-state index is 9.91. The van der Waals surface area contributed by atoms with Gasteiger partial charge in [0.05, 0.1) is 5.57 Å². The van der Waals surface area contributed by atoms with E-state index in [9.17, 15) is 5.53 Å². The van der Waals surface area contributed by atoms with Crippen molar-refractivity contribution in [1.29, 1.82) is 0 Å². The normalized spacial score (nSPS) is 11.1. The molecule has 0 saturated heterocycles. The summed E-state index contributed by atoms with van der Waals surface area (Å²) in [6, 6.07) is 14.9. The molecule has 2 rings (SSSR count). The molecule has 0 heterocycles. The third-order valence-electron chi connectivity index (χ3n) is 15.4. The first-order valence-electron chi connectivity index (χ1n) is 33.5. The molecule has 77 heavy (non-hydrogen) atoms. The number of hydrogen-bond acceptors (Lipinski definition) is 0. The SMILES string of the molecule is CCCCCCCCCCCCCCCCCCCCCCCCCCCCCCC(=C=[N+]=[N-])C=C(c1cc(CCCC)cc(CCCC)c1)c1cc(CCCCCC)cc(CCCCCC)c1.CC[N-]C.CC[N-]C.[Ni+2]. The van der Waals surface area contributed by atoms with Crippen LogP contribution in [0, 0.1) is 0 Å². The fraction of sp³-hybridized carbons (Fsp3) is 0.778. The van der Waals surface area contributed by atoms with Gasteiger partial charge in [-0.3, -0.25) is 0 Å². The van der Waals surface area contributed by atoms with Crippen LogP contribution in [0.15, 0.2) is 48.0 Å². The van der Waals surface area contributed by atoms with Gasteiger partial charge in [0, 0.05) is 0 Å². The van der Waals surface area contributed by atoms with Crippen LogP contribution >= 0.6 is 0 Å². The predicted octanol–water partition coefficient (Wildman–Crippen LogP) is 24.2. The van der Waals surface area contributed by atoms with Gasteiger partial charge in [-0.15, -0.1) is 4.79 Å². The zero-order valence-corrected chi connectivity index (χ0v) is 53.9. The summed E-state index contributed by atoms with van der Waals surface area (Å²) in [4.78, 5) is 3.53. The minimum absolute atomic E-state index is 0. The Labute approximate surface area is 492 Å². The molecule has 0 atom stereocenters. The molecule has 2 aromatic rings. The summed E-state index contributed by atoms with van der Waals surface area (Å²) in [5.41, 5.74) is 20.7. The molecule has 0 spiro atoms. The number of nitrogens with zero attached hydrogens (tertiary/aromatic N) is 4. The number of unbranched alkanes of at least 4 members (excludes halogenated alkanes) is 35. The summed E-state index contributed by atoms with van der Waals surface area (Å²) >= 11 is 0. The van der Waals surface area contributed by atoms with Crippen LogP contribution in [0.2, 0.25) is 0 Å². The minimum Gasteiger partial charge on any atom is -0.665 e. The molecular formula is C72H128N4Ni. The molecule has 0 amide bonds. The van der Waals surface area contributed by atoms with E-state index < -0.39 is 0 Å². The zero-order chi connectivity index (χ0) is 55.6. The van der Waals surface area contributed by atoms with Gasteiger partial charge in [-0.05, 0) is 109 Å². The maximum Gasteiger partial charge on any atom is 2.00 e. The van der Waals surface area contributed by atoms with Crippen molar-refractivity contribution in [2.75, 3.05) is 27.2 Å². The van der Waals surface area contributed by atoms with Crippen LogP contribution < -0.4 is 0 Å². The van der Waals surface area contributed by atoms with Gasteiger partial charge in [0.1, 0.15) is 0 Å². The van der Waals surface area contributed by atoms with Crippen LogP contribution in [0.4, 0.5) is 0 Å². The molecule has 0 aromatic heterocycles. The third kappa shape index (κ3) is 48.2. The Morgan fingerprint density at radius 2 is 0.597 bits per heavy atom. The molecule has 0 bridgehead atoms. The van der Waals surface area contributed by atoms with Crippen molar-refractivity contribution >= 4 is 11.4 Å². The van der Waals surface area contributed by atoms with Gasteiger partial charge in [-0.25, -0.2) is 0 Å². The molecule has 0 fully saturated rings. The summed E-state index contributed by atoms with van der Waals surface area (Å²) in [7, 11) is 3.61. The fourth-order valence-corrected chi connectivity index (χ4v) is 10.4. The van der Waals surface area contributed by atoms with Gasteiger partial charge in [0.15, 0.2) is 0 Å². The van der Waals surface area contributed by atoms with E-state index in [1.165, 1.54) is 289 Å². The van der Waals surface area contributed by atoms with E-state index in [1.54, 1.807) is 14.1 Å². The van der Waals surface area contributed by atoms with Crippen molar-refractivity contribution in [3.63, 3.8) is 0 Å². The monoisotopic (exact) mass is 1110 g/mol. The van der Waals surface area contributed by atoms with Gasteiger partial charge < -0.3 is 16.2 Å². The first-order valence-corrected chi connectivity index (χ1v) is 33.5. The molecule has 4 nitrogen and oxygen atoms in total. The molecule has 0 aliphatic carbocycles. The molecule has 0 saturated carbocycles. The molecule has 2 aromatic carbocycles. The van der Waals surface area contributed by atoms with Crippen LogP contribution in [0.25, 0.3) is 21.7 Å². The molecular weight excluding hydrogens is 980 g/mol. The van der Waals surface area contributed by atoms with Gasteiger partial charge in [-0.2, -0.15) is 27.2 Å². The average molecular weight is 1110 g/mol. The van der Waals surface area contributed by atoms with Crippen LogP contribution in [-0.4, -0.2) is 37.8 Å². The van der Waals surface area contributed by atoms with Gasteiger partial charge in [0.25, 0.3) is 0 Å². The van der Waals surface area contributed by atoms with Crippen molar-refractivity contribution in [3.8, 4) is 0 Å². The molecule has 0 aliphatic rings. The number of aryl methyl sites for hydroxylation is 4. The van der Waals surface area contributed by atoms with Crippen molar-refractivity contribution in [1.82, 2.24) is 0 Å².